The first-order valence-corrected chi connectivity index (χ1v) is 37.6. The van der Waals surface area contributed by atoms with Gasteiger partial charge in [0, 0.05) is 93.3 Å². The predicted molar refractivity (Wildman–Crippen MR) is 447 cm³/mol. The highest BCUT2D eigenvalue weighted by molar-refractivity contribution is 7.27. The number of benzene rings is 19. The Morgan fingerprint density at radius 2 is 0.529 bits per heavy atom. The van der Waals surface area contributed by atoms with Gasteiger partial charge in [0.1, 0.15) is 0 Å². The molecule has 102 heavy (non-hydrogen) atoms. The summed E-state index contributed by atoms with van der Waals surface area (Å²) in [5.74, 6) is 0. The van der Waals surface area contributed by atoms with Gasteiger partial charge in [-0.1, -0.05) is 291 Å². The molecule has 0 unspecified atom stereocenters. The minimum atomic E-state index is 1.13. The molecule has 0 saturated carbocycles. The zero-order chi connectivity index (χ0) is 66.4. The fourth-order valence-electron chi connectivity index (χ4n) is 18.2. The lowest BCUT2D eigenvalue weighted by molar-refractivity contribution is 1.18. The number of hydrogen-bond donors (Lipinski definition) is 0. The number of para-hydroxylation sites is 1. The Morgan fingerprint density at radius 3 is 1.10 bits per heavy atom. The number of rotatable bonds is 6. The number of nitrogens with zero attached hydrogens (tertiary/aromatic N) is 1. The second-order valence-electron chi connectivity index (χ2n) is 27.5. The maximum atomic E-state index is 2.49. The highest BCUT2D eigenvalue weighted by Crippen LogP contribution is 2.54. The van der Waals surface area contributed by atoms with Crippen molar-refractivity contribution < 1.29 is 0 Å². The highest BCUT2D eigenvalue weighted by atomic mass is 32.1. The van der Waals surface area contributed by atoms with E-state index in [1.807, 2.05) is 34.0 Å². The van der Waals surface area contributed by atoms with E-state index in [1.54, 1.807) is 0 Å². The molecule has 0 N–H and O–H groups in total. The Bertz CT molecular complexity index is 7510. The number of hydrogen-bond acceptors (Lipinski definition) is 3. The number of thiophene rings is 3. The molecule has 0 radical (unpaired) electrons. The summed E-state index contributed by atoms with van der Waals surface area (Å²) in [6.45, 7) is 0. The fourth-order valence-corrected chi connectivity index (χ4v) is 22.0. The number of aromatic nitrogens is 1. The van der Waals surface area contributed by atoms with Gasteiger partial charge in [-0.25, -0.2) is 0 Å². The van der Waals surface area contributed by atoms with Gasteiger partial charge in [0.2, 0.25) is 0 Å². The first-order valence-electron chi connectivity index (χ1n) is 35.1. The van der Waals surface area contributed by atoms with Crippen LogP contribution in [-0.2, 0) is 0 Å². The van der Waals surface area contributed by atoms with Crippen molar-refractivity contribution in [2.24, 2.45) is 0 Å². The van der Waals surface area contributed by atoms with Crippen LogP contribution in [0.4, 0.5) is 0 Å². The van der Waals surface area contributed by atoms with Crippen LogP contribution < -0.4 is 0 Å². The zero-order valence-electron chi connectivity index (χ0n) is 54.9. The lowest BCUT2D eigenvalue weighted by atomic mass is 9.85. The summed E-state index contributed by atoms with van der Waals surface area (Å²) in [6.07, 6.45) is 0. The van der Waals surface area contributed by atoms with Crippen LogP contribution in [0, 0.1) is 0 Å². The van der Waals surface area contributed by atoms with Gasteiger partial charge >= 0.3 is 0 Å². The van der Waals surface area contributed by atoms with E-state index in [4.69, 9.17) is 0 Å². The average molecular weight is 1340 g/mol. The second-order valence-corrected chi connectivity index (χ2v) is 30.6. The third-order valence-electron chi connectivity index (χ3n) is 22.3. The monoisotopic (exact) mass is 1340 g/mol. The Hall–Kier alpha value is -12.3. The summed E-state index contributed by atoms with van der Waals surface area (Å²) < 4.78 is 10.4. The minimum absolute atomic E-state index is 1.13. The second kappa shape index (κ2) is 21.6. The molecule has 0 spiro atoms. The van der Waals surface area contributed by atoms with Gasteiger partial charge < -0.3 is 4.57 Å². The molecule has 23 rings (SSSR count). The molecule has 0 amide bonds. The smallest absolute Gasteiger partial charge is 0.0547 e. The van der Waals surface area contributed by atoms with Crippen LogP contribution in [0.15, 0.2) is 334 Å². The van der Waals surface area contributed by atoms with Gasteiger partial charge in [0.15, 0.2) is 0 Å². The van der Waals surface area contributed by atoms with Gasteiger partial charge in [-0.3, -0.25) is 0 Å². The molecule has 4 heteroatoms. The standard InChI is InChI=1S/C98H55NS3/c1-3-25-63-60(22-1)61-23-2-14-36-76(61)97-94(63)79-52-48-57(54-86(79)101-97)89-66-28-6-4-26-64(66)88(65-27-5-7-29-67(65)89)56-46-50-59(51-47-56)99-83-43-17-15-37-78(83)93-74(39-21-44-84(93)99)73-38-19-42-82-92(73)72-34-12-13-35-75(72)95-80-53-49-58(55-87(80)102-98(82)95)90-68-30-8-10-32-70(68)91(71-33-11-9-31-69(71)90)81-41-20-40-77-62-24-16-18-45-85(62)100-96(77)81/h1-55H. The van der Waals surface area contributed by atoms with Crippen molar-refractivity contribution in [1.82, 2.24) is 4.57 Å². The van der Waals surface area contributed by atoms with E-state index in [2.05, 4.69) is 338 Å². The van der Waals surface area contributed by atoms with Crippen LogP contribution in [0.3, 0.4) is 0 Å². The highest BCUT2D eigenvalue weighted by Gasteiger charge is 2.26. The molecule has 4 aromatic heterocycles. The third-order valence-corrected chi connectivity index (χ3v) is 25.9. The lowest BCUT2D eigenvalue weighted by Gasteiger charge is -2.18. The molecule has 0 aliphatic rings. The molecule has 0 atom stereocenters. The van der Waals surface area contributed by atoms with Gasteiger partial charge in [0.05, 0.1) is 11.0 Å². The molecule has 470 valence electrons. The largest absolute Gasteiger partial charge is 0.309 e. The topological polar surface area (TPSA) is 4.93 Å². The van der Waals surface area contributed by atoms with E-state index in [9.17, 15) is 0 Å². The fraction of sp³-hybridized carbons (Fsp3) is 0. The molecule has 0 saturated heterocycles. The Kier molecular flexibility index (Phi) is 12.0. The van der Waals surface area contributed by atoms with Crippen molar-refractivity contribution in [2.75, 3.05) is 0 Å². The molecule has 1 nitrogen and oxygen atoms in total. The minimum Gasteiger partial charge on any atom is -0.309 e. The van der Waals surface area contributed by atoms with E-state index < -0.39 is 0 Å². The maximum absolute atomic E-state index is 2.49. The summed E-state index contributed by atoms with van der Waals surface area (Å²) in [5.41, 5.74) is 16.0. The van der Waals surface area contributed by atoms with Crippen molar-refractivity contribution in [3.63, 3.8) is 0 Å². The van der Waals surface area contributed by atoms with Crippen LogP contribution >= 0.6 is 34.0 Å². The summed E-state index contributed by atoms with van der Waals surface area (Å²) in [7, 11) is 0. The average Bonchev–Trinajstić information content (AvgIpc) is 0.947. The Balaban J connectivity index is 0.659. The van der Waals surface area contributed by atoms with Crippen molar-refractivity contribution in [3.05, 3.63) is 334 Å². The van der Waals surface area contributed by atoms with Crippen LogP contribution in [0.1, 0.15) is 0 Å². The molecule has 19 aromatic carbocycles. The first-order chi connectivity index (χ1) is 50.6. The van der Waals surface area contributed by atoms with E-state index in [0.717, 1.165) is 5.69 Å². The number of fused-ring (bicyclic) bond motifs is 26. The molecule has 23 aromatic rings. The summed E-state index contributed by atoms with van der Waals surface area (Å²) >= 11 is 5.77. The van der Waals surface area contributed by atoms with E-state index in [-0.39, 0.29) is 0 Å². The summed E-state index contributed by atoms with van der Waals surface area (Å²) in [4.78, 5) is 0. The molecular formula is C98H55NS3. The molecule has 0 fully saturated rings. The molecular weight excluding hydrogens is 1290 g/mol. The van der Waals surface area contributed by atoms with Crippen molar-refractivity contribution >= 4 is 203 Å². The zero-order valence-corrected chi connectivity index (χ0v) is 57.4. The van der Waals surface area contributed by atoms with Crippen LogP contribution in [-0.4, -0.2) is 4.57 Å². The molecule has 0 aliphatic heterocycles. The first kappa shape index (κ1) is 56.6. The Morgan fingerprint density at radius 1 is 0.176 bits per heavy atom. The van der Waals surface area contributed by atoms with Gasteiger partial charge in [0.25, 0.3) is 0 Å². The van der Waals surface area contributed by atoms with Crippen LogP contribution in [0.2, 0.25) is 0 Å². The van der Waals surface area contributed by atoms with Gasteiger partial charge in [-0.05, 0) is 168 Å². The predicted octanol–water partition coefficient (Wildman–Crippen LogP) is 29.4. The SMILES string of the molecule is c1ccc2c(c1)sc1c(-c3c4ccccc4c(-c4ccc5c(c4)sc4c6cccc(-c7cccc8c7c7ccccc7n8-c7ccc(-c8c9ccccc9c(-c9ccc%10c(c9)sc9c%11ccccc%11c%11ccccc%11c%109)c9ccccc89)cc7)c6c6ccccc6c54)c4ccccc34)cccc12. The van der Waals surface area contributed by atoms with Crippen molar-refractivity contribution in [3.8, 4) is 61.3 Å². The third kappa shape index (κ3) is 7.91. The van der Waals surface area contributed by atoms with Crippen LogP contribution in [0.25, 0.3) is 230 Å². The van der Waals surface area contributed by atoms with Crippen LogP contribution in [0.5, 0.6) is 0 Å². The lowest BCUT2D eigenvalue weighted by Crippen LogP contribution is -1.95. The quantitative estimate of drug-likeness (QED) is 0.116. The van der Waals surface area contributed by atoms with Gasteiger partial charge in [-0.15, -0.1) is 34.0 Å². The molecule has 4 heterocycles. The summed E-state index contributed by atoms with van der Waals surface area (Å²) in [6, 6.07) is 126. The maximum Gasteiger partial charge on any atom is 0.0547 e. The van der Waals surface area contributed by atoms with Crippen molar-refractivity contribution in [1.29, 1.82) is 0 Å². The molecule has 0 aliphatic carbocycles. The normalized spacial score (nSPS) is 12.3. The summed E-state index contributed by atoms with van der Waals surface area (Å²) in [5, 5.41) is 30.9. The van der Waals surface area contributed by atoms with E-state index in [0.29, 0.717) is 0 Å². The van der Waals surface area contributed by atoms with Crippen molar-refractivity contribution in [2.45, 2.75) is 0 Å². The van der Waals surface area contributed by atoms with E-state index in [1.165, 1.54) is 224 Å². The molecule has 0 bridgehead atoms. The van der Waals surface area contributed by atoms with Gasteiger partial charge in [-0.2, -0.15) is 0 Å². The Labute approximate surface area is 597 Å². The van der Waals surface area contributed by atoms with E-state index >= 15 is 0 Å².